The maximum atomic E-state index is 12.4. The van der Waals surface area contributed by atoms with Gasteiger partial charge in [-0.05, 0) is 35.6 Å². The minimum Gasteiger partial charge on any atom is -0.343 e. The van der Waals surface area contributed by atoms with Gasteiger partial charge in [0.2, 0.25) is 11.8 Å². The molecule has 2 rings (SSSR count). The lowest BCUT2D eigenvalue weighted by Gasteiger charge is -2.32. The summed E-state index contributed by atoms with van der Waals surface area (Å²) in [6.07, 6.45) is 1.63. The number of allylic oxidation sites excluding steroid dienone is 1. The molecule has 1 fully saturated rings. The molecule has 0 spiro atoms. The molecule has 0 unspecified atom stereocenters. The quantitative estimate of drug-likeness (QED) is 0.783. The van der Waals surface area contributed by atoms with Crippen molar-refractivity contribution in [3.63, 3.8) is 0 Å². The summed E-state index contributed by atoms with van der Waals surface area (Å²) in [5.41, 5.74) is 3.31. The zero-order chi connectivity index (χ0) is 20.0. The molecule has 148 valence electrons. The van der Waals surface area contributed by atoms with Crippen LogP contribution in [0.25, 0.3) is 5.57 Å². The standard InChI is InChI=1S/C22H33N3O2/c1-16(2)18-6-8-19(9-7-18)20(17(3)4)14-21(26)23-15-22(27)25-12-10-24(5)11-13-25/h6-9,14,16-17H,10-13,15H2,1-5H3,(H,23,26)/b20-14+. The van der Waals surface area contributed by atoms with Gasteiger partial charge in [-0.3, -0.25) is 9.59 Å². The van der Waals surface area contributed by atoms with Crippen molar-refractivity contribution in [1.82, 2.24) is 15.1 Å². The van der Waals surface area contributed by atoms with Crippen LogP contribution < -0.4 is 5.32 Å². The fourth-order valence-corrected chi connectivity index (χ4v) is 3.17. The van der Waals surface area contributed by atoms with Gasteiger partial charge in [-0.25, -0.2) is 0 Å². The number of nitrogens with zero attached hydrogens (tertiary/aromatic N) is 2. The second-order valence-corrected chi connectivity index (χ2v) is 7.93. The molecule has 5 nitrogen and oxygen atoms in total. The number of piperazine rings is 1. The largest absolute Gasteiger partial charge is 0.343 e. The fraction of sp³-hybridized carbons (Fsp3) is 0.545. The van der Waals surface area contributed by atoms with E-state index in [1.54, 1.807) is 6.08 Å². The van der Waals surface area contributed by atoms with Gasteiger partial charge in [-0.1, -0.05) is 52.0 Å². The molecule has 1 aliphatic heterocycles. The maximum Gasteiger partial charge on any atom is 0.244 e. The Bertz CT molecular complexity index is 669. The molecule has 0 bridgehead atoms. The SMILES string of the molecule is CC(C)/C(=C\C(=O)NCC(=O)N1CCN(C)CC1)c1ccc(C(C)C)cc1. The number of hydrogen-bond acceptors (Lipinski definition) is 3. The van der Waals surface area contributed by atoms with Crippen LogP contribution in [0.1, 0.15) is 44.7 Å². The molecule has 0 saturated carbocycles. The highest BCUT2D eigenvalue weighted by Crippen LogP contribution is 2.25. The van der Waals surface area contributed by atoms with Crippen molar-refractivity contribution >= 4 is 17.4 Å². The van der Waals surface area contributed by atoms with E-state index in [9.17, 15) is 9.59 Å². The molecule has 1 aromatic carbocycles. The third kappa shape index (κ3) is 6.21. The van der Waals surface area contributed by atoms with Crippen LogP contribution in [0.4, 0.5) is 0 Å². The lowest BCUT2D eigenvalue weighted by molar-refractivity contribution is -0.133. The summed E-state index contributed by atoms with van der Waals surface area (Å²) in [5, 5.41) is 2.76. The summed E-state index contributed by atoms with van der Waals surface area (Å²) in [6, 6.07) is 8.38. The van der Waals surface area contributed by atoms with Crippen molar-refractivity contribution in [2.24, 2.45) is 5.92 Å². The Morgan fingerprint density at radius 2 is 1.63 bits per heavy atom. The predicted octanol–water partition coefficient (Wildman–Crippen LogP) is 2.74. The predicted molar refractivity (Wildman–Crippen MR) is 110 cm³/mol. The molecule has 1 heterocycles. The topological polar surface area (TPSA) is 52.7 Å². The molecule has 1 N–H and O–H groups in total. The highest BCUT2D eigenvalue weighted by molar-refractivity contribution is 5.97. The lowest BCUT2D eigenvalue weighted by Crippen LogP contribution is -2.49. The molecular weight excluding hydrogens is 338 g/mol. The first-order valence-electron chi connectivity index (χ1n) is 9.84. The molecule has 0 radical (unpaired) electrons. The number of likely N-dealkylation sites (N-methyl/N-ethyl adjacent to an activating group) is 1. The summed E-state index contributed by atoms with van der Waals surface area (Å²) in [6.45, 7) is 11.7. The first-order chi connectivity index (χ1) is 12.8. The molecule has 0 atom stereocenters. The highest BCUT2D eigenvalue weighted by atomic mass is 16.2. The second kappa shape index (κ2) is 9.70. The van der Waals surface area contributed by atoms with Gasteiger partial charge in [-0.2, -0.15) is 0 Å². The molecule has 5 heteroatoms. The minimum atomic E-state index is -0.214. The van der Waals surface area contributed by atoms with E-state index in [0.717, 1.165) is 37.3 Å². The molecule has 1 aliphatic rings. The summed E-state index contributed by atoms with van der Waals surface area (Å²) < 4.78 is 0. The van der Waals surface area contributed by atoms with Crippen LogP contribution in [0, 0.1) is 5.92 Å². The monoisotopic (exact) mass is 371 g/mol. The van der Waals surface area contributed by atoms with Gasteiger partial charge in [0, 0.05) is 32.3 Å². The molecule has 0 aromatic heterocycles. The Balaban J connectivity index is 1.98. The Hall–Kier alpha value is -2.14. The van der Waals surface area contributed by atoms with Crippen molar-refractivity contribution in [2.75, 3.05) is 39.8 Å². The van der Waals surface area contributed by atoms with Crippen LogP contribution in [-0.2, 0) is 9.59 Å². The van der Waals surface area contributed by atoms with Crippen LogP contribution >= 0.6 is 0 Å². The third-order valence-corrected chi connectivity index (χ3v) is 5.09. The van der Waals surface area contributed by atoms with Crippen LogP contribution in [0.3, 0.4) is 0 Å². The lowest BCUT2D eigenvalue weighted by atomic mass is 9.92. The summed E-state index contributed by atoms with van der Waals surface area (Å²) in [7, 11) is 2.05. The number of hydrogen-bond donors (Lipinski definition) is 1. The van der Waals surface area contributed by atoms with Gasteiger partial charge in [0.25, 0.3) is 0 Å². The Kier molecular flexibility index (Phi) is 7.60. The van der Waals surface area contributed by atoms with Crippen molar-refractivity contribution in [3.05, 3.63) is 41.5 Å². The highest BCUT2D eigenvalue weighted by Gasteiger charge is 2.19. The first kappa shape index (κ1) is 21.2. The van der Waals surface area contributed by atoms with E-state index in [1.165, 1.54) is 5.56 Å². The molecule has 1 aromatic rings. The van der Waals surface area contributed by atoms with Crippen molar-refractivity contribution in [3.8, 4) is 0 Å². The average molecular weight is 372 g/mol. The smallest absolute Gasteiger partial charge is 0.244 e. The van der Waals surface area contributed by atoms with Crippen LogP contribution in [0.15, 0.2) is 30.3 Å². The summed E-state index contributed by atoms with van der Waals surface area (Å²) >= 11 is 0. The number of benzene rings is 1. The minimum absolute atomic E-state index is 0.0165. The fourth-order valence-electron chi connectivity index (χ4n) is 3.17. The zero-order valence-corrected chi connectivity index (χ0v) is 17.3. The van der Waals surface area contributed by atoms with E-state index in [2.05, 4.69) is 69.2 Å². The van der Waals surface area contributed by atoms with Crippen molar-refractivity contribution in [1.29, 1.82) is 0 Å². The van der Waals surface area contributed by atoms with E-state index in [4.69, 9.17) is 0 Å². The number of carbonyl (C=O) groups excluding carboxylic acids is 2. The molecule has 0 aliphatic carbocycles. The zero-order valence-electron chi connectivity index (χ0n) is 17.3. The number of rotatable bonds is 6. The van der Waals surface area contributed by atoms with E-state index in [1.807, 2.05) is 4.90 Å². The van der Waals surface area contributed by atoms with E-state index >= 15 is 0 Å². The number of nitrogens with one attached hydrogen (secondary N) is 1. The molecular formula is C22H33N3O2. The first-order valence-corrected chi connectivity index (χ1v) is 9.84. The van der Waals surface area contributed by atoms with Crippen molar-refractivity contribution in [2.45, 2.75) is 33.6 Å². The van der Waals surface area contributed by atoms with E-state index < -0.39 is 0 Å². The normalized spacial score (nSPS) is 16.1. The van der Waals surface area contributed by atoms with Crippen molar-refractivity contribution < 1.29 is 9.59 Å². The maximum absolute atomic E-state index is 12.4. The average Bonchev–Trinajstić information content (AvgIpc) is 2.64. The van der Waals surface area contributed by atoms with E-state index in [0.29, 0.717) is 5.92 Å². The van der Waals surface area contributed by atoms with E-state index in [-0.39, 0.29) is 24.3 Å². The second-order valence-electron chi connectivity index (χ2n) is 7.93. The van der Waals surface area contributed by atoms with Gasteiger partial charge in [-0.15, -0.1) is 0 Å². The Morgan fingerprint density at radius 3 is 2.15 bits per heavy atom. The van der Waals surface area contributed by atoms with Crippen LogP contribution in [0.5, 0.6) is 0 Å². The molecule has 27 heavy (non-hydrogen) atoms. The Morgan fingerprint density at radius 1 is 1.04 bits per heavy atom. The van der Waals surface area contributed by atoms with Crippen LogP contribution in [-0.4, -0.2) is 61.4 Å². The van der Waals surface area contributed by atoms with Gasteiger partial charge in [0.1, 0.15) is 0 Å². The third-order valence-electron chi connectivity index (χ3n) is 5.09. The molecule has 2 amide bonds. The van der Waals surface area contributed by atoms with Gasteiger partial charge >= 0.3 is 0 Å². The molecule has 1 saturated heterocycles. The van der Waals surface area contributed by atoms with Gasteiger partial charge < -0.3 is 15.1 Å². The van der Waals surface area contributed by atoms with Gasteiger partial charge in [0.05, 0.1) is 6.54 Å². The number of amides is 2. The van der Waals surface area contributed by atoms with Crippen LogP contribution in [0.2, 0.25) is 0 Å². The number of carbonyl (C=O) groups is 2. The summed E-state index contributed by atoms with van der Waals surface area (Å²) in [4.78, 5) is 28.7. The summed E-state index contributed by atoms with van der Waals surface area (Å²) in [5.74, 6) is 0.467. The van der Waals surface area contributed by atoms with Gasteiger partial charge in [0.15, 0.2) is 0 Å². The Labute approximate surface area is 163 Å².